The fraction of sp³-hybridized carbons (Fsp3) is 0.462. The largest absolute Gasteiger partial charge is 0.396 e. The fourth-order valence-electron chi connectivity index (χ4n) is 1.43. The Balaban J connectivity index is 2.42. The molecule has 2 N–H and O–H groups in total. The van der Waals surface area contributed by atoms with Gasteiger partial charge < -0.3 is 10.4 Å². The van der Waals surface area contributed by atoms with Crippen molar-refractivity contribution in [3.05, 3.63) is 30.3 Å². The zero-order valence-corrected chi connectivity index (χ0v) is 11.0. The van der Waals surface area contributed by atoms with Gasteiger partial charge in [0.05, 0.1) is 5.25 Å². The van der Waals surface area contributed by atoms with E-state index in [0.29, 0.717) is 6.42 Å². The van der Waals surface area contributed by atoms with Crippen LogP contribution in [-0.4, -0.2) is 28.1 Å². The van der Waals surface area contributed by atoms with E-state index in [-0.39, 0.29) is 23.0 Å². The summed E-state index contributed by atoms with van der Waals surface area (Å²) in [5.41, 5.74) is 0.819. The van der Waals surface area contributed by atoms with Crippen LogP contribution in [0.2, 0.25) is 0 Å². The van der Waals surface area contributed by atoms with Crippen LogP contribution in [0.15, 0.2) is 30.3 Å². The van der Waals surface area contributed by atoms with E-state index < -0.39 is 0 Å². The van der Waals surface area contributed by atoms with Gasteiger partial charge in [-0.2, -0.15) is 0 Å². The molecular weight excluding hydrogens is 234 g/mol. The zero-order valence-electron chi connectivity index (χ0n) is 10.2. The molecule has 17 heavy (non-hydrogen) atoms. The Morgan fingerprint density at radius 3 is 2.59 bits per heavy atom. The van der Waals surface area contributed by atoms with Crippen molar-refractivity contribution < 1.29 is 9.90 Å². The van der Waals surface area contributed by atoms with Crippen LogP contribution in [0.4, 0.5) is 5.69 Å². The minimum absolute atomic E-state index is 0.00555. The average Bonchev–Trinajstić information content (AvgIpc) is 2.30. The van der Waals surface area contributed by atoms with Gasteiger partial charge in [-0.25, -0.2) is 0 Å². The molecule has 0 bridgehead atoms. The summed E-state index contributed by atoms with van der Waals surface area (Å²) in [5.74, 6) is 0.00555. The maximum atomic E-state index is 11.9. The summed E-state index contributed by atoms with van der Waals surface area (Å²) in [6, 6.07) is 9.43. The second kappa shape index (κ2) is 7.35. The van der Waals surface area contributed by atoms with E-state index in [2.05, 4.69) is 5.32 Å². The number of benzene rings is 1. The molecule has 4 heteroatoms. The van der Waals surface area contributed by atoms with Gasteiger partial charge in [0.15, 0.2) is 0 Å². The molecule has 1 aromatic carbocycles. The second-order valence-corrected chi connectivity index (χ2v) is 5.74. The summed E-state index contributed by atoms with van der Waals surface area (Å²) in [6.45, 7) is 4.07. The molecule has 0 aliphatic carbocycles. The molecular formula is C13H19NO2S. The SMILES string of the molecule is CC(CCO)SC(C)C(=O)Nc1ccccc1. The fourth-order valence-corrected chi connectivity index (χ4v) is 2.55. The van der Waals surface area contributed by atoms with Gasteiger partial charge >= 0.3 is 0 Å². The van der Waals surface area contributed by atoms with Crippen LogP contribution in [0, 0.1) is 0 Å². The summed E-state index contributed by atoms with van der Waals surface area (Å²) in [4.78, 5) is 11.9. The highest BCUT2D eigenvalue weighted by Crippen LogP contribution is 2.21. The zero-order chi connectivity index (χ0) is 12.7. The van der Waals surface area contributed by atoms with Crippen molar-refractivity contribution in [3.63, 3.8) is 0 Å². The number of para-hydroxylation sites is 1. The first-order valence-corrected chi connectivity index (χ1v) is 6.70. The highest BCUT2D eigenvalue weighted by atomic mass is 32.2. The van der Waals surface area contributed by atoms with Gasteiger partial charge in [-0.1, -0.05) is 25.1 Å². The number of anilines is 1. The van der Waals surface area contributed by atoms with Gasteiger partial charge in [-0.15, -0.1) is 11.8 Å². The third-order valence-electron chi connectivity index (χ3n) is 2.38. The summed E-state index contributed by atoms with van der Waals surface area (Å²) < 4.78 is 0. The lowest BCUT2D eigenvalue weighted by Crippen LogP contribution is -2.24. The van der Waals surface area contributed by atoms with Crippen molar-refractivity contribution >= 4 is 23.4 Å². The molecule has 0 radical (unpaired) electrons. The molecule has 1 aromatic rings. The van der Waals surface area contributed by atoms with Crippen molar-refractivity contribution in [1.29, 1.82) is 0 Å². The third kappa shape index (κ3) is 5.24. The Kier molecular flexibility index (Phi) is 6.08. The first-order valence-electron chi connectivity index (χ1n) is 5.75. The van der Waals surface area contributed by atoms with E-state index in [9.17, 15) is 4.79 Å². The Morgan fingerprint density at radius 1 is 1.35 bits per heavy atom. The van der Waals surface area contributed by atoms with E-state index in [4.69, 9.17) is 5.11 Å². The molecule has 0 aliphatic heterocycles. The highest BCUT2D eigenvalue weighted by Gasteiger charge is 2.16. The topological polar surface area (TPSA) is 49.3 Å². The number of rotatable bonds is 6. The van der Waals surface area contributed by atoms with Crippen molar-refractivity contribution in [3.8, 4) is 0 Å². The number of hydrogen-bond acceptors (Lipinski definition) is 3. The van der Waals surface area contributed by atoms with Gasteiger partial charge in [-0.3, -0.25) is 4.79 Å². The van der Waals surface area contributed by atoms with Crippen molar-refractivity contribution in [2.45, 2.75) is 30.8 Å². The van der Waals surface area contributed by atoms with Gasteiger partial charge in [-0.05, 0) is 25.5 Å². The van der Waals surface area contributed by atoms with Crippen molar-refractivity contribution in [2.24, 2.45) is 0 Å². The van der Waals surface area contributed by atoms with E-state index in [1.807, 2.05) is 44.2 Å². The summed E-state index contributed by atoms with van der Waals surface area (Å²) in [6.07, 6.45) is 0.716. The van der Waals surface area contributed by atoms with Crippen LogP contribution in [0.5, 0.6) is 0 Å². The Hall–Kier alpha value is -1.00. The Bertz CT molecular complexity index is 343. The molecule has 0 saturated heterocycles. The highest BCUT2D eigenvalue weighted by molar-refractivity contribution is 8.01. The summed E-state index contributed by atoms with van der Waals surface area (Å²) in [5, 5.41) is 11.9. The van der Waals surface area contributed by atoms with Gasteiger partial charge in [0.1, 0.15) is 0 Å². The molecule has 0 saturated carbocycles. The quantitative estimate of drug-likeness (QED) is 0.819. The van der Waals surface area contributed by atoms with Crippen molar-refractivity contribution in [1.82, 2.24) is 0 Å². The molecule has 0 aliphatic rings. The summed E-state index contributed by atoms with van der Waals surface area (Å²) in [7, 11) is 0. The standard InChI is InChI=1S/C13H19NO2S/c1-10(8-9-15)17-11(2)13(16)14-12-6-4-3-5-7-12/h3-7,10-11,15H,8-9H2,1-2H3,(H,14,16). The maximum absolute atomic E-state index is 11.9. The van der Waals surface area contributed by atoms with Gasteiger partial charge in [0, 0.05) is 17.5 Å². The van der Waals surface area contributed by atoms with Crippen LogP contribution < -0.4 is 5.32 Å². The average molecular weight is 253 g/mol. The number of nitrogens with one attached hydrogen (secondary N) is 1. The number of carbonyl (C=O) groups is 1. The first kappa shape index (κ1) is 14.1. The number of hydrogen-bond donors (Lipinski definition) is 2. The molecule has 0 aromatic heterocycles. The first-order chi connectivity index (χ1) is 8.13. The number of aliphatic hydroxyl groups excluding tert-OH is 1. The van der Waals surface area contributed by atoms with Crippen molar-refractivity contribution in [2.75, 3.05) is 11.9 Å². The van der Waals surface area contributed by atoms with E-state index in [1.165, 1.54) is 0 Å². The molecule has 1 amide bonds. The molecule has 3 nitrogen and oxygen atoms in total. The minimum Gasteiger partial charge on any atom is -0.396 e. The monoisotopic (exact) mass is 253 g/mol. The van der Waals surface area contributed by atoms with Crippen LogP contribution in [0.25, 0.3) is 0 Å². The lowest BCUT2D eigenvalue weighted by atomic mass is 10.3. The number of amides is 1. The lowest BCUT2D eigenvalue weighted by Gasteiger charge is -2.16. The smallest absolute Gasteiger partial charge is 0.237 e. The molecule has 94 valence electrons. The lowest BCUT2D eigenvalue weighted by molar-refractivity contribution is -0.115. The van der Waals surface area contributed by atoms with Crippen LogP contribution in [-0.2, 0) is 4.79 Å². The van der Waals surface area contributed by atoms with E-state index >= 15 is 0 Å². The minimum atomic E-state index is -0.114. The predicted octanol–water partition coefficient (Wildman–Crippen LogP) is 2.52. The summed E-state index contributed by atoms with van der Waals surface area (Å²) >= 11 is 1.58. The Morgan fingerprint density at radius 2 is 2.00 bits per heavy atom. The van der Waals surface area contributed by atoms with E-state index in [0.717, 1.165) is 5.69 Å². The van der Waals surface area contributed by atoms with Crippen LogP contribution >= 0.6 is 11.8 Å². The predicted molar refractivity (Wildman–Crippen MR) is 73.3 cm³/mol. The van der Waals surface area contributed by atoms with Gasteiger partial charge in [0.2, 0.25) is 5.91 Å². The second-order valence-electron chi connectivity index (χ2n) is 3.96. The molecule has 0 fully saturated rings. The molecule has 2 unspecified atom stereocenters. The number of aliphatic hydroxyl groups is 1. The molecule has 2 atom stereocenters. The van der Waals surface area contributed by atoms with Crippen LogP contribution in [0.1, 0.15) is 20.3 Å². The molecule has 1 rings (SSSR count). The maximum Gasteiger partial charge on any atom is 0.237 e. The van der Waals surface area contributed by atoms with Crippen LogP contribution in [0.3, 0.4) is 0 Å². The normalized spacial score (nSPS) is 14.1. The third-order valence-corrected chi connectivity index (χ3v) is 3.71. The van der Waals surface area contributed by atoms with E-state index in [1.54, 1.807) is 11.8 Å². The molecule has 0 heterocycles. The molecule has 0 spiro atoms. The van der Waals surface area contributed by atoms with Gasteiger partial charge in [0.25, 0.3) is 0 Å². The number of carbonyl (C=O) groups excluding carboxylic acids is 1. The number of thioether (sulfide) groups is 1. The Labute approximate surface area is 107 Å².